The smallest absolute Gasteiger partial charge is 0.399 e. The van der Waals surface area contributed by atoms with E-state index in [1.807, 2.05) is 27.7 Å². The molecule has 0 aromatic carbocycles. The van der Waals surface area contributed by atoms with Gasteiger partial charge in [0.2, 0.25) is 0 Å². The Labute approximate surface area is 144 Å². The minimum Gasteiger partial charge on any atom is -0.399 e. The fourth-order valence-electron chi connectivity index (χ4n) is 3.19. The highest BCUT2D eigenvalue weighted by Crippen LogP contribution is 2.36. The summed E-state index contributed by atoms with van der Waals surface area (Å²) in [6, 6.07) is 0.0653. The van der Waals surface area contributed by atoms with E-state index in [1.165, 1.54) is 17.5 Å². The molecule has 1 saturated heterocycles. The van der Waals surface area contributed by atoms with Crippen LogP contribution in [0.15, 0.2) is 12.4 Å². The highest BCUT2D eigenvalue weighted by molar-refractivity contribution is 6.62. The van der Waals surface area contributed by atoms with Gasteiger partial charge in [-0.05, 0) is 59.3 Å². The molecule has 3 rings (SSSR count). The second-order valence-corrected chi connectivity index (χ2v) is 8.21. The fraction of sp³-hybridized carbons (Fsp3) is 0.765. The zero-order valence-corrected chi connectivity index (χ0v) is 15.3. The van der Waals surface area contributed by atoms with Gasteiger partial charge in [0.15, 0.2) is 0 Å². The van der Waals surface area contributed by atoms with Crippen LogP contribution in [0.5, 0.6) is 0 Å². The fourth-order valence-corrected chi connectivity index (χ4v) is 3.19. The summed E-state index contributed by atoms with van der Waals surface area (Å²) < 4.78 is 13.3. The minimum atomic E-state index is -0.493. The van der Waals surface area contributed by atoms with Gasteiger partial charge in [-0.3, -0.25) is 0 Å². The Morgan fingerprint density at radius 3 is 2.38 bits per heavy atom. The maximum absolute atomic E-state index is 12.4. The number of hydrogen-bond donors (Lipinski definition) is 1. The first kappa shape index (κ1) is 17.5. The molecular formula is C17H28BN3O3. The van der Waals surface area contributed by atoms with Crippen molar-refractivity contribution in [3.63, 3.8) is 0 Å². The van der Waals surface area contributed by atoms with Gasteiger partial charge in [-0.2, -0.15) is 9.78 Å². The summed E-state index contributed by atoms with van der Waals surface area (Å²) in [6.07, 6.45) is 7.76. The van der Waals surface area contributed by atoms with Gasteiger partial charge in [-0.15, -0.1) is 0 Å². The van der Waals surface area contributed by atoms with E-state index in [-0.39, 0.29) is 12.1 Å². The molecule has 0 bridgehead atoms. The zero-order chi connectivity index (χ0) is 17.5. The molecule has 1 aromatic rings. The second kappa shape index (κ2) is 6.19. The average Bonchev–Trinajstić information content (AvgIpc) is 3.05. The van der Waals surface area contributed by atoms with Gasteiger partial charge in [0.25, 0.3) is 0 Å². The summed E-state index contributed by atoms with van der Waals surface area (Å²) in [6.45, 7) is 10.3. The SMILES string of the molecule is CC1CCC(NC(=O)n2cc(B3OC(C)(C)C(C)(C)O3)cn2)CC1. The molecule has 0 radical (unpaired) electrons. The van der Waals surface area contributed by atoms with E-state index in [4.69, 9.17) is 9.31 Å². The van der Waals surface area contributed by atoms with Crippen molar-refractivity contribution in [1.29, 1.82) is 0 Å². The van der Waals surface area contributed by atoms with Crippen molar-refractivity contribution in [2.24, 2.45) is 5.92 Å². The van der Waals surface area contributed by atoms with Crippen LogP contribution in [-0.2, 0) is 9.31 Å². The third kappa shape index (κ3) is 3.37. The Morgan fingerprint density at radius 2 is 1.79 bits per heavy atom. The van der Waals surface area contributed by atoms with Gasteiger partial charge in [-0.25, -0.2) is 4.79 Å². The summed E-state index contributed by atoms with van der Waals surface area (Å²) in [5.74, 6) is 0.762. The number of rotatable bonds is 2. The number of aromatic nitrogens is 2. The average molecular weight is 333 g/mol. The largest absolute Gasteiger partial charge is 0.498 e. The standard InChI is InChI=1S/C17H28BN3O3/c1-12-6-8-14(9-7-12)20-15(22)21-11-13(10-19-21)18-23-16(2,3)17(4,5)24-18/h10-12,14H,6-9H2,1-5H3,(H,20,22). The predicted molar refractivity (Wildman–Crippen MR) is 93.3 cm³/mol. The number of hydrogen-bond acceptors (Lipinski definition) is 4. The molecule has 1 aliphatic heterocycles. The van der Waals surface area contributed by atoms with Gasteiger partial charge >= 0.3 is 13.1 Å². The van der Waals surface area contributed by atoms with Gasteiger partial charge < -0.3 is 14.6 Å². The monoisotopic (exact) mass is 333 g/mol. The zero-order valence-electron chi connectivity index (χ0n) is 15.3. The highest BCUT2D eigenvalue weighted by atomic mass is 16.7. The third-order valence-electron chi connectivity index (χ3n) is 5.68. The third-order valence-corrected chi connectivity index (χ3v) is 5.68. The summed E-state index contributed by atoms with van der Waals surface area (Å²) in [4.78, 5) is 12.4. The maximum Gasteiger partial charge on any atom is 0.498 e. The molecule has 24 heavy (non-hydrogen) atoms. The topological polar surface area (TPSA) is 65.4 Å². The van der Waals surface area contributed by atoms with E-state index in [2.05, 4.69) is 17.3 Å². The summed E-state index contributed by atoms with van der Waals surface area (Å²) in [5, 5.41) is 7.25. The van der Waals surface area contributed by atoms with Crippen molar-refractivity contribution in [2.45, 2.75) is 77.5 Å². The van der Waals surface area contributed by atoms with E-state index in [1.54, 1.807) is 12.4 Å². The Morgan fingerprint density at radius 1 is 1.21 bits per heavy atom. The van der Waals surface area contributed by atoms with Crippen LogP contribution in [-0.4, -0.2) is 40.2 Å². The quantitative estimate of drug-likeness (QED) is 0.844. The normalized spacial score (nSPS) is 28.8. The first-order chi connectivity index (χ1) is 11.2. The lowest BCUT2D eigenvalue weighted by Crippen LogP contribution is -2.41. The molecule has 6 nitrogen and oxygen atoms in total. The van der Waals surface area contributed by atoms with Crippen molar-refractivity contribution in [1.82, 2.24) is 15.1 Å². The Kier molecular flexibility index (Phi) is 4.51. The molecule has 2 aliphatic rings. The molecule has 0 atom stereocenters. The Hall–Kier alpha value is -1.34. The summed E-state index contributed by atoms with van der Waals surface area (Å²) >= 11 is 0. The van der Waals surface area contributed by atoms with Gasteiger partial charge in [0, 0.05) is 23.9 Å². The molecule has 1 amide bonds. The van der Waals surface area contributed by atoms with Crippen LogP contribution in [0.4, 0.5) is 4.79 Å². The Bertz CT molecular complexity index is 590. The molecule has 1 aromatic heterocycles. The molecule has 0 spiro atoms. The van der Waals surface area contributed by atoms with E-state index in [0.717, 1.165) is 24.2 Å². The van der Waals surface area contributed by atoms with Crippen LogP contribution in [0.3, 0.4) is 0 Å². The van der Waals surface area contributed by atoms with E-state index in [9.17, 15) is 4.79 Å². The second-order valence-electron chi connectivity index (χ2n) is 8.21. The number of nitrogens with one attached hydrogen (secondary N) is 1. The lowest BCUT2D eigenvalue weighted by Gasteiger charge is -2.32. The summed E-state index contributed by atoms with van der Waals surface area (Å²) in [7, 11) is -0.493. The van der Waals surface area contributed by atoms with Gasteiger partial charge in [0.05, 0.1) is 11.2 Å². The van der Waals surface area contributed by atoms with E-state index in [0.29, 0.717) is 0 Å². The van der Waals surface area contributed by atoms with E-state index < -0.39 is 18.3 Å². The van der Waals surface area contributed by atoms with E-state index >= 15 is 0 Å². The van der Waals surface area contributed by atoms with Crippen molar-refractivity contribution in [2.75, 3.05) is 0 Å². The number of amides is 1. The molecule has 0 unspecified atom stereocenters. The van der Waals surface area contributed by atoms with Crippen molar-refractivity contribution in [3.8, 4) is 0 Å². The molecule has 7 heteroatoms. The van der Waals surface area contributed by atoms with Crippen molar-refractivity contribution >= 4 is 18.6 Å². The van der Waals surface area contributed by atoms with Crippen molar-refractivity contribution in [3.05, 3.63) is 12.4 Å². The highest BCUT2D eigenvalue weighted by Gasteiger charge is 2.52. The van der Waals surface area contributed by atoms with Crippen LogP contribution < -0.4 is 10.8 Å². The summed E-state index contributed by atoms with van der Waals surface area (Å²) in [5.41, 5.74) is -0.0391. The molecule has 1 aliphatic carbocycles. The molecule has 1 N–H and O–H groups in total. The van der Waals surface area contributed by atoms with Crippen molar-refractivity contribution < 1.29 is 14.1 Å². The van der Waals surface area contributed by atoms with Crippen LogP contribution >= 0.6 is 0 Å². The van der Waals surface area contributed by atoms with Gasteiger partial charge in [0.1, 0.15) is 0 Å². The molecule has 2 heterocycles. The number of carbonyl (C=O) groups is 1. The first-order valence-electron chi connectivity index (χ1n) is 8.89. The lowest BCUT2D eigenvalue weighted by molar-refractivity contribution is 0.00578. The predicted octanol–water partition coefficient (Wildman–Crippen LogP) is 2.32. The van der Waals surface area contributed by atoms with Crippen LogP contribution in [0, 0.1) is 5.92 Å². The molecule has 1 saturated carbocycles. The lowest BCUT2D eigenvalue weighted by atomic mass is 9.82. The maximum atomic E-state index is 12.4. The minimum absolute atomic E-state index is 0.183. The first-order valence-corrected chi connectivity index (χ1v) is 8.89. The molecular weight excluding hydrogens is 305 g/mol. The Balaban J connectivity index is 1.62. The van der Waals surface area contributed by atoms with Crippen LogP contribution in [0.25, 0.3) is 0 Å². The van der Waals surface area contributed by atoms with Crippen LogP contribution in [0.1, 0.15) is 60.3 Å². The van der Waals surface area contributed by atoms with Crippen LogP contribution in [0.2, 0.25) is 0 Å². The van der Waals surface area contributed by atoms with Gasteiger partial charge in [-0.1, -0.05) is 6.92 Å². The molecule has 132 valence electrons. The number of nitrogens with zero attached hydrogens (tertiary/aromatic N) is 2. The molecule has 2 fully saturated rings. The number of carbonyl (C=O) groups excluding carboxylic acids is 1.